The van der Waals surface area contributed by atoms with Crippen LogP contribution in [0.4, 0.5) is 0 Å². The predicted octanol–water partition coefficient (Wildman–Crippen LogP) is 2.20. The van der Waals surface area contributed by atoms with Crippen molar-refractivity contribution in [2.75, 3.05) is 5.01 Å². The van der Waals surface area contributed by atoms with E-state index < -0.39 is 0 Å². The molecule has 0 aliphatic heterocycles. The maximum Gasteiger partial charge on any atom is 0.0619 e. The quantitative estimate of drug-likeness (QED) is 0.734. The fourth-order valence-corrected chi connectivity index (χ4v) is 1.82. The van der Waals surface area contributed by atoms with Gasteiger partial charge in [0.1, 0.15) is 0 Å². The third-order valence-electron chi connectivity index (χ3n) is 2.34. The molecule has 0 N–H and O–H groups in total. The van der Waals surface area contributed by atoms with E-state index in [2.05, 4.69) is 50.8 Å². The SMILES string of the molecule is CCc1ccnn1N(C(C)C)C(C)C. The molecule has 0 radical (unpaired) electrons. The van der Waals surface area contributed by atoms with Crippen molar-refractivity contribution in [3.8, 4) is 0 Å². The molecule has 1 aromatic rings. The third kappa shape index (κ3) is 2.08. The van der Waals surface area contributed by atoms with Crippen LogP contribution in [0.5, 0.6) is 0 Å². The first-order chi connectivity index (χ1) is 6.57. The largest absolute Gasteiger partial charge is 0.292 e. The lowest BCUT2D eigenvalue weighted by Crippen LogP contribution is -2.47. The minimum Gasteiger partial charge on any atom is -0.292 e. The van der Waals surface area contributed by atoms with E-state index in [0.717, 1.165) is 6.42 Å². The third-order valence-corrected chi connectivity index (χ3v) is 2.34. The fraction of sp³-hybridized carbons (Fsp3) is 0.727. The molecule has 0 atom stereocenters. The summed E-state index contributed by atoms with van der Waals surface area (Å²) in [4.78, 5) is 2.04. The summed E-state index contributed by atoms with van der Waals surface area (Å²) in [7, 11) is 0. The molecular weight excluding hydrogens is 174 g/mol. The molecule has 14 heavy (non-hydrogen) atoms. The highest BCUT2D eigenvalue weighted by atomic mass is 15.7. The van der Waals surface area contributed by atoms with Crippen molar-refractivity contribution in [1.82, 2.24) is 9.89 Å². The maximum absolute atomic E-state index is 4.37. The van der Waals surface area contributed by atoms with Gasteiger partial charge < -0.3 is 0 Å². The first-order valence-electron chi connectivity index (χ1n) is 5.39. The Morgan fingerprint density at radius 3 is 2.29 bits per heavy atom. The van der Waals surface area contributed by atoms with Gasteiger partial charge in [0, 0.05) is 12.1 Å². The summed E-state index contributed by atoms with van der Waals surface area (Å²) in [6, 6.07) is 3.03. The Bertz CT molecular complexity index is 268. The first-order valence-corrected chi connectivity index (χ1v) is 5.39. The van der Waals surface area contributed by atoms with E-state index in [1.165, 1.54) is 5.69 Å². The summed E-state index contributed by atoms with van der Waals surface area (Å²) in [6.45, 7) is 10.9. The number of hydrogen-bond donors (Lipinski definition) is 0. The molecular formula is C11H21N3. The van der Waals surface area contributed by atoms with Crippen LogP contribution in [0, 0.1) is 0 Å². The van der Waals surface area contributed by atoms with Crippen molar-refractivity contribution >= 4 is 0 Å². The van der Waals surface area contributed by atoms with E-state index in [1.54, 1.807) is 0 Å². The van der Waals surface area contributed by atoms with Gasteiger partial charge in [0.05, 0.1) is 11.9 Å². The lowest BCUT2D eigenvalue weighted by Gasteiger charge is -2.33. The molecule has 80 valence electrons. The Hall–Kier alpha value is -0.990. The minimum atomic E-state index is 0.472. The number of aromatic nitrogens is 2. The zero-order valence-electron chi connectivity index (χ0n) is 9.86. The van der Waals surface area contributed by atoms with Gasteiger partial charge in [0.15, 0.2) is 0 Å². The van der Waals surface area contributed by atoms with Crippen molar-refractivity contribution in [1.29, 1.82) is 0 Å². The van der Waals surface area contributed by atoms with Gasteiger partial charge in [-0.05, 0) is 40.2 Å². The van der Waals surface area contributed by atoms with Crippen LogP contribution in [0.2, 0.25) is 0 Å². The molecule has 3 nitrogen and oxygen atoms in total. The molecule has 1 rings (SSSR count). The molecule has 0 bridgehead atoms. The summed E-state index contributed by atoms with van der Waals surface area (Å²) in [5, 5.41) is 6.66. The highest BCUT2D eigenvalue weighted by Crippen LogP contribution is 2.08. The van der Waals surface area contributed by atoms with E-state index in [9.17, 15) is 0 Å². The fourth-order valence-electron chi connectivity index (χ4n) is 1.82. The Balaban J connectivity index is 2.98. The highest BCUT2D eigenvalue weighted by Gasteiger charge is 2.16. The number of nitrogens with zero attached hydrogens (tertiary/aromatic N) is 3. The zero-order chi connectivity index (χ0) is 10.7. The number of hydrogen-bond acceptors (Lipinski definition) is 2. The average Bonchev–Trinajstić information content (AvgIpc) is 2.51. The molecule has 0 aromatic carbocycles. The summed E-state index contributed by atoms with van der Waals surface area (Å²) in [5.41, 5.74) is 1.27. The van der Waals surface area contributed by atoms with Crippen molar-refractivity contribution in [3.05, 3.63) is 18.0 Å². The van der Waals surface area contributed by atoms with Crippen LogP contribution < -0.4 is 5.01 Å². The van der Waals surface area contributed by atoms with E-state index in [-0.39, 0.29) is 0 Å². The highest BCUT2D eigenvalue weighted by molar-refractivity contribution is 5.06. The van der Waals surface area contributed by atoms with Crippen LogP contribution in [0.1, 0.15) is 40.3 Å². The van der Waals surface area contributed by atoms with Crippen LogP contribution >= 0.6 is 0 Å². The second-order valence-electron chi connectivity index (χ2n) is 4.13. The van der Waals surface area contributed by atoms with Crippen LogP contribution in [0.25, 0.3) is 0 Å². The van der Waals surface area contributed by atoms with Gasteiger partial charge in [0.2, 0.25) is 0 Å². The van der Waals surface area contributed by atoms with E-state index in [0.29, 0.717) is 12.1 Å². The van der Waals surface area contributed by atoms with E-state index >= 15 is 0 Å². The molecule has 0 spiro atoms. The zero-order valence-corrected chi connectivity index (χ0v) is 9.86. The standard InChI is InChI=1S/C11H21N3/c1-6-11-7-8-12-14(11)13(9(2)3)10(4)5/h7-10H,6H2,1-5H3. The first kappa shape index (κ1) is 11.1. The average molecular weight is 195 g/mol. The van der Waals surface area contributed by atoms with Gasteiger partial charge in [0.25, 0.3) is 0 Å². The summed E-state index contributed by atoms with van der Waals surface area (Å²) in [6.07, 6.45) is 2.90. The van der Waals surface area contributed by atoms with Crippen LogP contribution in [-0.4, -0.2) is 22.0 Å². The second kappa shape index (κ2) is 4.49. The van der Waals surface area contributed by atoms with Crippen LogP contribution in [0.3, 0.4) is 0 Å². The summed E-state index contributed by atoms with van der Waals surface area (Å²) < 4.78 is 0. The van der Waals surface area contributed by atoms with Gasteiger partial charge in [-0.15, -0.1) is 0 Å². The molecule has 0 saturated carbocycles. The van der Waals surface area contributed by atoms with Gasteiger partial charge in [-0.3, -0.25) is 5.01 Å². The molecule has 3 heteroatoms. The normalized spacial score (nSPS) is 11.4. The topological polar surface area (TPSA) is 21.1 Å². The molecule has 1 heterocycles. The smallest absolute Gasteiger partial charge is 0.0619 e. The Morgan fingerprint density at radius 1 is 1.29 bits per heavy atom. The van der Waals surface area contributed by atoms with Gasteiger partial charge >= 0.3 is 0 Å². The van der Waals surface area contributed by atoms with E-state index in [1.807, 2.05) is 11.0 Å². The Labute approximate surface area is 86.7 Å². The Kier molecular flexibility index (Phi) is 3.55. The Morgan fingerprint density at radius 2 is 1.86 bits per heavy atom. The monoisotopic (exact) mass is 195 g/mol. The van der Waals surface area contributed by atoms with Gasteiger partial charge in [-0.2, -0.15) is 9.89 Å². The molecule has 0 amide bonds. The van der Waals surface area contributed by atoms with E-state index in [4.69, 9.17) is 0 Å². The van der Waals surface area contributed by atoms with Crippen LogP contribution in [-0.2, 0) is 6.42 Å². The van der Waals surface area contributed by atoms with Crippen LogP contribution in [0.15, 0.2) is 12.3 Å². The lowest BCUT2D eigenvalue weighted by molar-refractivity contribution is 0.418. The number of rotatable bonds is 4. The molecule has 0 unspecified atom stereocenters. The van der Waals surface area contributed by atoms with Crippen molar-refractivity contribution in [2.45, 2.75) is 53.1 Å². The molecule has 0 fully saturated rings. The van der Waals surface area contributed by atoms with Gasteiger partial charge in [-0.1, -0.05) is 6.92 Å². The molecule has 1 aromatic heterocycles. The van der Waals surface area contributed by atoms with Gasteiger partial charge in [-0.25, -0.2) is 0 Å². The lowest BCUT2D eigenvalue weighted by atomic mass is 10.3. The summed E-state index contributed by atoms with van der Waals surface area (Å²) >= 11 is 0. The number of aryl methyl sites for hydroxylation is 1. The maximum atomic E-state index is 4.37. The molecule has 0 aliphatic rings. The predicted molar refractivity (Wildman–Crippen MR) is 60.1 cm³/mol. The minimum absolute atomic E-state index is 0.472. The second-order valence-corrected chi connectivity index (χ2v) is 4.13. The van der Waals surface area contributed by atoms with Crippen molar-refractivity contribution in [2.24, 2.45) is 0 Å². The molecule has 0 saturated heterocycles. The molecule has 0 aliphatic carbocycles. The summed E-state index contributed by atoms with van der Waals surface area (Å²) in [5.74, 6) is 0. The van der Waals surface area contributed by atoms with Crippen molar-refractivity contribution < 1.29 is 0 Å². The van der Waals surface area contributed by atoms with Crippen molar-refractivity contribution in [3.63, 3.8) is 0 Å².